The highest BCUT2D eigenvalue weighted by molar-refractivity contribution is 5.55. The second-order valence-electron chi connectivity index (χ2n) is 4.60. The number of nitrogens with two attached hydrogens (primary N) is 1. The van der Waals surface area contributed by atoms with E-state index >= 15 is 0 Å². The number of nitrogens with zero attached hydrogens (tertiary/aromatic N) is 2. The molecule has 0 spiro atoms. The SMILES string of the molecule is COc1ccccc1Oc1c(N)c(C)nn1C(C)C. The standard InChI is InChI=1S/C14H19N3O2/c1-9(2)17-14(13(15)10(3)16-17)19-12-8-6-5-7-11(12)18-4/h5-9H,15H2,1-4H3. The number of para-hydroxylation sites is 2. The van der Waals surface area contributed by atoms with E-state index in [1.54, 1.807) is 11.8 Å². The summed E-state index contributed by atoms with van der Waals surface area (Å²) in [7, 11) is 1.61. The number of hydrogen-bond donors (Lipinski definition) is 1. The van der Waals surface area contributed by atoms with Crippen LogP contribution in [0.4, 0.5) is 5.69 Å². The molecule has 0 aliphatic rings. The largest absolute Gasteiger partial charge is 0.493 e. The van der Waals surface area contributed by atoms with E-state index < -0.39 is 0 Å². The Balaban J connectivity index is 2.43. The van der Waals surface area contributed by atoms with Crippen LogP contribution < -0.4 is 15.2 Å². The third kappa shape index (κ3) is 2.50. The van der Waals surface area contributed by atoms with E-state index in [4.69, 9.17) is 15.2 Å². The minimum absolute atomic E-state index is 0.167. The minimum atomic E-state index is 0.167. The van der Waals surface area contributed by atoms with Gasteiger partial charge in [0.05, 0.1) is 18.8 Å². The lowest BCUT2D eigenvalue weighted by molar-refractivity contribution is 0.352. The zero-order valence-corrected chi connectivity index (χ0v) is 11.7. The first-order valence-corrected chi connectivity index (χ1v) is 6.20. The number of rotatable bonds is 4. The maximum absolute atomic E-state index is 6.03. The Bertz CT molecular complexity index is 576. The summed E-state index contributed by atoms with van der Waals surface area (Å²) in [5.41, 5.74) is 7.35. The van der Waals surface area contributed by atoms with Crippen molar-refractivity contribution in [2.24, 2.45) is 0 Å². The summed E-state index contributed by atoms with van der Waals surface area (Å²) in [5, 5.41) is 4.39. The van der Waals surface area contributed by atoms with Crippen LogP contribution in [0.15, 0.2) is 24.3 Å². The summed E-state index contributed by atoms with van der Waals surface area (Å²) >= 11 is 0. The quantitative estimate of drug-likeness (QED) is 0.918. The average molecular weight is 261 g/mol. The van der Waals surface area contributed by atoms with E-state index in [1.807, 2.05) is 45.0 Å². The second kappa shape index (κ2) is 5.22. The first kappa shape index (κ1) is 13.3. The van der Waals surface area contributed by atoms with Gasteiger partial charge in [0.1, 0.15) is 5.69 Å². The third-order valence-electron chi connectivity index (χ3n) is 2.85. The van der Waals surface area contributed by atoms with Gasteiger partial charge in [0.15, 0.2) is 11.5 Å². The molecular formula is C14H19N3O2. The van der Waals surface area contributed by atoms with Gasteiger partial charge >= 0.3 is 0 Å². The summed E-state index contributed by atoms with van der Waals surface area (Å²) in [6, 6.07) is 7.62. The summed E-state index contributed by atoms with van der Waals surface area (Å²) in [4.78, 5) is 0. The Hall–Kier alpha value is -2.17. The number of benzene rings is 1. The molecule has 0 atom stereocenters. The Labute approximate surface area is 112 Å². The highest BCUT2D eigenvalue weighted by Gasteiger charge is 2.18. The first-order chi connectivity index (χ1) is 9.04. The van der Waals surface area contributed by atoms with Crippen molar-refractivity contribution < 1.29 is 9.47 Å². The van der Waals surface area contributed by atoms with E-state index in [0.717, 1.165) is 5.69 Å². The van der Waals surface area contributed by atoms with Crippen molar-refractivity contribution in [1.29, 1.82) is 0 Å². The van der Waals surface area contributed by atoms with Crippen molar-refractivity contribution in [3.05, 3.63) is 30.0 Å². The molecule has 0 saturated carbocycles. The van der Waals surface area contributed by atoms with Crippen LogP contribution in [-0.2, 0) is 0 Å². The van der Waals surface area contributed by atoms with Gasteiger partial charge in [-0.05, 0) is 32.9 Å². The molecule has 1 aromatic heterocycles. The molecule has 5 nitrogen and oxygen atoms in total. The fourth-order valence-corrected chi connectivity index (χ4v) is 1.80. The van der Waals surface area contributed by atoms with Crippen LogP contribution in [0.25, 0.3) is 0 Å². The second-order valence-corrected chi connectivity index (χ2v) is 4.60. The number of hydrogen-bond acceptors (Lipinski definition) is 4. The van der Waals surface area contributed by atoms with Gasteiger partial charge in [-0.3, -0.25) is 0 Å². The maximum atomic E-state index is 6.03. The molecule has 0 fully saturated rings. The molecule has 2 rings (SSSR count). The van der Waals surface area contributed by atoms with E-state index in [-0.39, 0.29) is 6.04 Å². The molecule has 2 aromatic rings. The number of ether oxygens (including phenoxy) is 2. The van der Waals surface area contributed by atoms with Crippen LogP contribution in [0.1, 0.15) is 25.6 Å². The van der Waals surface area contributed by atoms with E-state index in [1.165, 1.54) is 0 Å². The Morgan fingerprint density at radius 1 is 1.21 bits per heavy atom. The molecule has 1 heterocycles. The predicted octanol–water partition coefficient (Wildman–Crippen LogP) is 3.16. The van der Waals surface area contributed by atoms with E-state index in [2.05, 4.69) is 5.10 Å². The van der Waals surface area contributed by atoms with Crippen molar-refractivity contribution in [3.8, 4) is 17.4 Å². The van der Waals surface area contributed by atoms with Crippen molar-refractivity contribution in [2.75, 3.05) is 12.8 Å². The van der Waals surface area contributed by atoms with Gasteiger partial charge in [0.2, 0.25) is 5.88 Å². The molecule has 0 amide bonds. The molecule has 0 bridgehead atoms. The molecule has 0 saturated heterocycles. The Morgan fingerprint density at radius 3 is 2.42 bits per heavy atom. The van der Waals surface area contributed by atoms with E-state index in [0.29, 0.717) is 23.1 Å². The van der Waals surface area contributed by atoms with Crippen LogP contribution in [-0.4, -0.2) is 16.9 Å². The topological polar surface area (TPSA) is 62.3 Å². The lowest BCUT2D eigenvalue weighted by Crippen LogP contribution is -2.06. The molecule has 1 aromatic carbocycles. The molecule has 19 heavy (non-hydrogen) atoms. The lowest BCUT2D eigenvalue weighted by atomic mass is 10.3. The van der Waals surface area contributed by atoms with Crippen molar-refractivity contribution in [2.45, 2.75) is 26.8 Å². The molecule has 0 aliphatic heterocycles. The summed E-state index contributed by atoms with van der Waals surface area (Å²) in [6.07, 6.45) is 0. The zero-order valence-electron chi connectivity index (χ0n) is 11.7. The van der Waals surface area contributed by atoms with Gasteiger partial charge in [-0.2, -0.15) is 5.10 Å². The Morgan fingerprint density at radius 2 is 1.84 bits per heavy atom. The number of methoxy groups -OCH3 is 1. The minimum Gasteiger partial charge on any atom is -0.493 e. The van der Waals surface area contributed by atoms with Crippen molar-refractivity contribution in [1.82, 2.24) is 9.78 Å². The van der Waals surface area contributed by atoms with Gasteiger partial charge in [0.25, 0.3) is 0 Å². The predicted molar refractivity (Wildman–Crippen MR) is 74.8 cm³/mol. The highest BCUT2D eigenvalue weighted by Crippen LogP contribution is 2.36. The van der Waals surface area contributed by atoms with Crippen LogP contribution in [0.2, 0.25) is 0 Å². The number of nitrogen functional groups attached to an aromatic ring is 1. The van der Waals surface area contributed by atoms with E-state index in [9.17, 15) is 0 Å². The fourth-order valence-electron chi connectivity index (χ4n) is 1.80. The normalized spacial score (nSPS) is 10.8. The van der Waals surface area contributed by atoms with Gasteiger partial charge < -0.3 is 15.2 Å². The smallest absolute Gasteiger partial charge is 0.241 e. The monoisotopic (exact) mass is 261 g/mol. The molecule has 102 valence electrons. The molecule has 0 radical (unpaired) electrons. The molecule has 0 unspecified atom stereocenters. The molecular weight excluding hydrogens is 242 g/mol. The number of anilines is 1. The third-order valence-corrected chi connectivity index (χ3v) is 2.85. The maximum Gasteiger partial charge on any atom is 0.241 e. The lowest BCUT2D eigenvalue weighted by Gasteiger charge is -2.14. The van der Waals surface area contributed by atoms with Crippen LogP contribution in [0, 0.1) is 6.92 Å². The Kier molecular flexibility index (Phi) is 3.64. The summed E-state index contributed by atoms with van der Waals surface area (Å²) in [5.74, 6) is 1.84. The zero-order chi connectivity index (χ0) is 14.0. The molecule has 0 aliphatic carbocycles. The summed E-state index contributed by atoms with van der Waals surface area (Å²) < 4.78 is 12.9. The van der Waals surface area contributed by atoms with Crippen molar-refractivity contribution >= 4 is 5.69 Å². The van der Waals surface area contributed by atoms with Crippen LogP contribution in [0.5, 0.6) is 17.4 Å². The number of aromatic nitrogens is 2. The van der Waals surface area contributed by atoms with Gasteiger partial charge in [-0.1, -0.05) is 12.1 Å². The average Bonchev–Trinajstić information content (AvgIpc) is 2.68. The van der Waals surface area contributed by atoms with Gasteiger partial charge in [-0.15, -0.1) is 0 Å². The fraction of sp³-hybridized carbons (Fsp3) is 0.357. The molecule has 2 N–H and O–H groups in total. The number of aryl methyl sites for hydroxylation is 1. The van der Waals surface area contributed by atoms with Gasteiger partial charge in [-0.25, -0.2) is 4.68 Å². The first-order valence-electron chi connectivity index (χ1n) is 6.20. The van der Waals surface area contributed by atoms with Gasteiger partial charge in [0, 0.05) is 0 Å². The van der Waals surface area contributed by atoms with Crippen molar-refractivity contribution in [3.63, 3.8) is 0 Å². The highest BCUT2D eigenvalue weighted by atomic mass is 16.5. The van der Waals surface area contributed by atoms with Crippen LogP contribution >= 0.6 is 0 Å². The van der Waals surface area contributed by atoms with Crippen LogP contribution in [0.3, 0.4) is 0 Å². The summed E-state index contributed by atoms with van der Waals surface area (Å²) in [6.45, 7) is 5.92. The molecule has 5 heteroatoms.